The third kappa shape index (κ3) is 4.88. The minimum atomic E-state index is -1.01. The maximum Gasteiger partial charge on any atom is 0.321 e. The quantitative estimate of drug-likeness (QED) is 0.685. The molecule has 1 amide bonds. The Labute approximate surface area is 103 Å². The molecule has 1 aromatic rings. The van der Waals surface area contributed by atoms with Gasteiger partial charge in [-0.3, -0.25) is 9.59 Å². The summed E-state index contributed by atoms with van der Waals surface area (Å²) < 4.78 is 0. The Kier molecular flexibility index (Phi) is 4.99. The number of amides is 1. The zero-order valence-corrected chi connectivity index (χ0v) is 10.2. The van der Waals surface area contributed by atoms with Gasteiger partial charge in [0.25, 0.3) is 0 Å². The maximum atomic E-state index is 10.8. The van der Waals surface area contributed by atoms with Crippen LogP contribution < -0.4 is 11.1 Å². The van der Waals surface area contributed by atoms with Gasteiger partial charge in [0.05, 0.1) is 0 Å². The Morgan fingerprint density at radius 1 is 1.41 bits per heavy atom. The number of carbonyl (C=O) groups excluding carboxylic acids is 1. The topological polar surface area (TPSA) is 92.4 Å². The van der Waals surface area contributed by atoms with E-state index in [1.54, 1.807) is 12.1 Å². The van der Waals surface area contributed by atoms with E-state index >= 15 is 0 Å². The molecule has 1 atom stereocenters. The number of aliphatic carboxylic acids is 1. The van der Waals surface area contributed by atoms with Gasteiger partial charge in [0.1, 0.15) is 6.04 Å². The second kappa shape index (κ2) is 6.27. The van der Waals surface area contributed by atoms with Crippen LogP contribution in [0.15, 0.2) is 29.2 Å². The highest BCUT2D eigenvalue weighted by Crippen LogP contribution is 2.20. The summed E-state index contributed by atoms with van der Waals surface area (Å²) in [5.74, 6) is -0.819. The van der Waals surface area contributed by atoms with Crippen molar-refractivity contribution in [1.29, 1.82) is 0 Å². The van der Waals surface area contributed by atoms with Crippen LogP contribution in [0.25, 0.3) is 0 Å². The van der Waals surface area contributed by atoms with E-state index in [0.717, 1.165) is 4.90 Å². The zero-order valence-electron chi connectivity index (χ0n) is 9.34. The molecular weight excluding hydrogens is 240 g/mol. The van der Waals surface area contributed by atoms with E-state index in [0.29, 0.717) is 11.4 Å². The largest absolute Gasteiger partial charge is 0.480 e. The average molecular weight is 254 g/mol. The zero-order chi connectivity index (χ0) is 12.8. The van der Waals surface area contributed by atoms with Crippen molar-refractivity contribution in [1.82, 2.24) is 0 Å². The van der Waals surface area contributed by atoms with E-state index in [-0.39, 0.29) is 5.91 Å². The molecule has 0 heterocycles. The summed E-state index contributed by atoms with van der Waals surface area (Å²) >= 11 is 1.37. The fraction of sp³-hybridized carbons (Fsp3) is 0.273. The summed E-state index contributed by atoms with van der Waals surface area (Å²) in [6.07, 6.45) is 0. The molecule has 0 aromatic heterocycles. The third-order valence-electron chi connectivity index (χ3n) is 1.92. The average Bonchev–Trinajstić information content (AvgIpc) is 2.26. The van der Waals surface area contributed by atoms with Gasteiger partial charge < -0.3 is 16.2 Å². The van der Waals surface area contributed by atoms with Crippen LogP contribution in [0.2, 0.25) is 0 Å². The van der Waals surface area contributed by atoms with Gasteiger partial charge in [-0.2, -0.15) is 0 Å². The van der Waals surface area contributed by atoms with Gasteiger partial charge in [-0.1, -0.05) is 0 Å². The number of anilines is 1. The van der Waals surface area contributed by atoms with Gasteiger partial charge in [-0.05, 0) is 24.3 Å². The molecule has 92 valence electrons. The molecule has 0 spiro atoms. The first kappa shape index (κ1) is 13.5. The minimum Gasteiger partial charge on any atom is -0.480 e. The van der Waals surface area contributed by atoms with Gasteiger partial charge in [0.15, 0.2) is 0 Å². The summed E-state index contributed by atoms with van der Waals surface area (Å²) in [5, 5.41) is 11.3. The Hall–Kier alpha value is -1.53. The van der Waals surface area contributed by atoms with E-state index < -0.39 is 12.0 Å². The van der Waals surface area contributed by atoms with Crippen molar-refractivity contribution in [3.8, 4) is 0 Å². The molecule has 5 nitrogen and oxygen atoms in total. The van der Waals surface area contributed by atoms with Gasteiger partial charge in [-0.15, -0.1) is 11.8 Å². The monoisotopic (exact) mass is 254 g/mol. The highest BCUT2D eigenvalue weighted by atomic mass is 32.2. The summed E-state index contributed by atoms with van der Waals surface area (Å²) in [5.41, 5.74) is 6.10. The number of nitrogens with two attached hydrogens (primary N) is 1. The summed E-state index contributed by atoms with van der Waals surface area (Å²) in [4.78, 5) is 22.2. The number of nitrogens with one attached hydrogen (secondary N) is 1. The predicted molar refractivity (Wildman–Crippen MR) is 67.1 cm³/mol. The lowest BCUT2D eigenvalue weighted by Gasteiger charge is -2.07. The first-order chi connectivity index (χ1) is 7.99. The van der Waals surface area contributed by atoms with E-state index in [1.165, 1.54) is 18.7 Å². The van der Waals surface area contributed by atoms with Crippen molar-refractivity contribution in [2.45, 2.75) is 17.9 Å². The van der Waals surface area contributed by atoms with E-state index in [1.807, 2.05) is 12.1 Å². The number of carboxylic acid groups (broad SMARTS) is 1. The molecule has 0 aliphatic heterocycles. The molecule has 0 radical (unpaired) electrons. The van der Waals surface area contributed by atoms with Gasteiger partial charge in [0.2, 0.25) is 5.91 Å². The van der Waals surface area contributed by atoms with Crippen molar-refractivity contribution < 1.29 is 14.7 Å². The normalized spacial score (nSPS) is 11.9. The molecule has 0 aliphatic carbocycles. The molecule has 0 aliphatic rings. The lowest BCUT2D eigenvalue weighted by Crippen LogP contribution is -2.32. The van der Waals surface area contributed by atoms with Gasteiger partial charge in [0, 0.05) is 23.3 Å². The van der Waals surface area contributed by atoms with E-state index in [2.05, 4.69) is 5.32 Å². The number of hydrogen-bond acceptors (Lipinski definition) is 4. The number of thioether (sulfide) groups is 1. The lowest BCUT2D eigenvalue weighted by atomic mass is 10.3. The Morgan fingerprint density at radius 2 is 2.00 bits per heavy atom. The lowest BCUT2D eigenvalue weighted by molar-refractivity contribution is -0.137. The van der Waals surface area contributed by atoms with Gasteiger partial charge >= 0.3 is 5.97 Å². The van der Waals surface area contributed by atoms with Crippen molar-refractivity contribution in [3.63, 3.8) is 0 Å². The molecule has 0 bridgehead atoms. The van der Waals surface area contributed by atoms with Gasteiger partial charge in [-0.25, -0.2) is 0 Å². The van der Waals surface area contributed by atoms with Crippen LogP contribution in [0.3, 0.4) is 0 Å². The maximum absolute atomic E-state index is 10.8. The highest BCUT2D eigenvalue weighted by molar-refractivity contribution is 7.99. The summed E-state index contributed by atoms with van der Waals surface area (Å²) in [7, 11) is 0. The molecule has 0 fully saturated rings. The van der Waals surface area contributed by atoms with Crippen LogP contribution in [0.1, 0.15) is 6.92 Å². The van der Waals surface area contributed by atoms with Crippen LogP contribution >= 0.6 is 11.8 Å². The molecule has 0 saturated heterocycles. The van der Waals surface area contributed by atoms with Crippen LogP contribution in [0.4, 0.5) is 5.69 Å². The Morgan fingerprint density at radius 3 is 2.47 bits per heavy atom. The van der Waals surface area contributed by atoms with Crippen molar-refractivity contribution >= 4 is 29.3 Å². The molecular formula is C11H14N2O3S. The molecule has 1 rings (SSSR count). The Bertz CT molecular complexity index is 406. The second-order valence-electron chi connectivity index (χ2n) is 3.46. The SMILES string of the molecule is CC(=O)Nc1ccc(SCC(N)C(=O)O)cc1. The minimum absolute atomic E-state index is 0.127. The summed E-state index contributed by atoms with van der Waals surface area (Å²) in [6, 6.07) is 6.27. The first-order valence-electron chi connectivity index (χ1n) is 4.98. The predicted octanol–water partition coefficient (Wildman–Crippen LogP) is 1.15. The highest BCUT2D eigenvalue weighted by Gasteiger charge is 2.11. The fourth-order valence-corrected chi connectivity index (χ4v) is 1.94. The number of rotatable bonds is 5. The van der Waals surface area contributed by atoms with Crippen LogP contribution in [0.5, 0.6) is 0 Å². The molecule has 4 N–H and O–H groups in total. The van der Waals surface area contributed by atoms with Crippen LogP contribution in [-0.2, 0) is 9.59 Å². The standard InChI is InChI=1S/C11H14N2O3S/c1-7(14)13-8-2-4-9(5-3-8)17-6-10(12)11(15)16/h2-5,10H,6,12H2,1H3,(H,13,14)(H,15,16). The summed E-state index contributed by atoms with van der Waals surface area (Å²) in [6.45, 7) is 1.44. The molecule has 17 heavy (non-hydrogen) atoms. The van der Waals surface area contributed by atoms with Crippen molar-refractivity contribution in [2.24, 2.45) is 5.73 Å². The third-order valence-corrected chi connectivity index (χ3v) is 3.05. The molecule has 1 aromatic carbocycles. The van der Waals surface area contributed by atoms with E-state index in [9.17, 15) is 9.59 Å². The van der Waals surface area contributed by atoms with E-state index in [4.69, 9.17) is 10.8 Å². The number of carbonyl (C=O) groups is 2. The first-order valence-corrected chi connectivity index (χ1v) is 5.96. The fourth-order valence-electron chi connectivity index (χ4n) is 1.10. The van der Waals surface area contributed by atoms with Crippen LogP contribution in [0, 0.1) is 0 Å². The van der Waals surface area contributed by atoms with Crippen molar-refractivity contribution in [3.05, 3.63) is 24.3 Å². The molecule has 6 heteroatoms. The smallest absolute Gasteiger partial charge is 0.321 e. The number of carboxylic acids is 1. The van der Waals surface area contributed by atoms with Crippen LogP contribution in [-0.4, -0.2) is 28.8 Å². The number of hydrogen-bond donors (Lipinski definition) is 3. The number of benzene rings is 1. The molecule has 0 saturated carbocycles. The van der Waals surface area contributed by atoms with Crippen molar-refractivity contribution in [2.75, 3.05) is 11.1 Å². The molecule has 1 unspecified atom stereocenters. The second-order valence-corrected chi connectivity index (χ2v) is 4.55. The Balaban J connectivity index is 2.51.